The molecule has 1 aliphatic carbocycles. The Morgan fingerprint density at radius 1 is 0.478 bits per heavy atom. The Kier molecular flexibility index (Phi) is 5.81. The number of fused-ring (bicyclic) bond motifs is 6. The highest BCUT2D eigenvalue weighted by atomic mass is 15.0. The van der Waals surface area contributed by atoms with E-state index in [1.807, 2.05) is 0 Å². The second kappa shape index (κ2) is 10.1. The highest BCUT2D eigenvalue weighted by Crippen LogP contribution is 2.50. The molecular weight excluding hydrogens is 560 g/mol. The zero-order chi connectivity index (χ0) is 30.8. The zero-order valence-electron chi connectivity index (χ0n) is 25.6. The van der Waals surface area contributed by atoms with Gasteiger partial charge in [-0.2, -0.15) is 0 Å². The van der Waals surface area contributed by atoms with E-state index in [4.69, 9.17) is 0 Å². The Hall–Kier alpha value is -5.87. The summed E-state index contributed by atoms with van der Waals surface area (Å²) in [6.45, 7) is 4.70. The van der Waals surface area contributed by atoms with Crippen LogP contribution in [0.2, 0.25) is 0 Å². The molecular formula is C42H30N4. The number of aromatic nitrogens is 4. The molecule has 0 N–H and O–H groups in total. The second-order valence-electron chi connectivity index (χ2n) is 12.6. The minimum absolute atomic E-state index is 0.133. The summed E-state index contributed by atoms with van der Waals surface area (Å²) in [4.78, 5) is 12.5. The van der Waals surface area contributed by atoms with Crippen molar-refractivity contribution >= 4 is 21.8 Å². The molecule has 4 nitrogen and oxygen atoms in total. The van der Waals surface area contributed by atoms with Crippen LogP contribution < -0.4 is 0 Å². The van der Waals surface area contributed by atoms with Crippen molar-refractivity contribution in [2.24, 2.45) is 0 Å². The fourth-order valence-electron chi connectivity index (χ4n) is 7.32. The summed E-state index contributed by atoms with van der Waals surface area (Å²) in [6, 6.07) is 48.7. The van der Waals surface area contributed by atoms with Crippen molar-refractivity contribution < 1.29 is 0 Å². The molecule has 0 bridgehead atoms. The first kappa shape index (κ1) is 26.5. The molecule has 6 aromatic carbocycles. The average molecular weight is 591 g/mol. The number of para-hydroxylation sites is 2. The third kappa shape index (κ3) is 4.04. The lowest BCUT2D eigenvalue weighted by molar-refractivity contribution is 0.661. The molecule has 1 aliphatic rings. The molecule has 2 heterocycles. The number of hydrogen-bond donors (Lipinski definition) is 0. The summed E-state index contributed by atoms with van der Waals surface area (Å²) in [5.74, 6) is 0.684. The molecule has 0 radical (unpaired) electrons. The number of rotatable bonds is 4. The summed E-state index contributed by atoms with van der Waals surface area (Å²) in [5.41, 5.74) is 14.7. The molecule has 0 spiro atoms. The van der Waals surface area contributed by atoms with Gasteiger partial charge in [-0.05, 0) is 80.9 Å². The van der Waals surface area contributed by atoms with E-state index in [2.05, 4.69) is 167 Å². The van der Waals surface area contributed by atoms with Crippen LogP contribution in [0.5, 0.6) is 0 Å². The van der Waals surface area contributed by atoms with Crippen LogP contribution in [0.25, 0.3) is 72.3 Å². The molecule has 0 saturated heterocycles. The fraction of sp³-hybridized carbons (Fsp3) is 0.0714. The SMILES string of the molecule is CC1(C)c2cc(-c3ccc(-c4ncncn4)cc3)ccc2-c2ccc(-c3cccc(-n4c5ccccc5c5ccccc54)c3)cc21. The Morgan fingerprint density at radius 3 is 1.63 bits per heavy atom. The van der Waals surface area contributed by atoms with Gasteiger partial charge in [-0.1, -0.05) is 111 Å². The van der Waals surface area contributed by atoms with E-state index in [1.54, 1.807) is 0 Å². The van der Waals surface area contributed by atoms with Crippen molar-refractivity contribution in [1.82, 2.24) is 19.5 Å². The summed E-state index contributed by atoms with van der Waals surface area (Å²) < 4.78 is 2.39. The predicted molar refractivity (Wildman–Crippen MR) is 188 cm³/mol. The maximum Gasteiger partial charge on any atom is 0.162 e. The summed E-state index contributed by atoms with van der Waals surface area (Å²) in [7, 11) is 0. The monoisotopic (exact) mass is 590 g/mol. The molecule has 46 heavy (non-hydrogen) atoms. The van der Waals surface area contributed by atoms with Crippen LogP contribution in [0.3, 0.4) is 0 Å². The molecule has 4 heteroatoms. The minimum atomic E-state index is -0.133. The largest absolute Gasteiger partial charge is 0.309 e. The van der Waals surface area contributed by atoms with Crippen molar-refractivity contribution in [3.63, 3.8) is 0 Å². The molecule has 0 amide bonds. The summed E-state index contributed by atoms with van der Waals surface area (Å²) >= 11 is 0. The minimum Gasteiger partial charge on any atom is -0.309 e. The molecule has 0 unspecified atom stereocenters. The predicted octanol–water partition coefficient (Wildman–Crippen LogP) is 10.3. The smallest absolute Gasteiger partial charge is 0.162 e. The Morgan fingerprint density at radius 2 is 1.00 bits per heavy atom. The van der Waals surface area contributed by atoms with Crippen LogP contribution in [-0.4, -0.2) is 19.5 Å². The molecule has 0 saturated carbocycles. The first-order chi connectivity index (χ1) is 22.6. The zero-order valence-corrected chi connectivity index (χ0v) is 25.6. The maximum absolute atomic E-state index is 4.29. The van der Waals surface area contributed by atoms with E-state index >= 15 is 0 Å². The topological polar surface area (TPSA) is 43.6 Å². The Bertz CT molecular complexity index is 2380. The maximum atomic E-state index is 4.29. The van der Waals surface area contributed by atoms with Crippen LogP contribution in [0.1, 0.15) is 25.0 Å². The molecule has 8 aromatic rings. The van der Waals surface area contributed by atoms with Gasteiger partial charge in [0.1, 0.15) is 12.7 Å². The number of nitrogens with zero attached hydrogens (tertiary/aromatic N) is 4. The molecule has 0 aliphatic heterocycles. The van der Waals surface area contributed by atoms with E-state index in [1.165, 1.54) is 84.7 Å². The lowest BCUT2D eigenvalue weighted by atomic mass is 9.81. The third-order valence-corrected chi connectivity index (χ3v) is 9.66. The Balaban J connectivity index is 1.09. The fourth-order valence-corrected chi connectivity index (χ4v) is 7.32. The van der Waals surface area contributed by atoms with E-state index < -0.39 is 0 Å². The Labute approximate surface area is 267 Å². The van der Waals surface area contributed by atoms with Gasteiger partial charge in [-0.25, -0.2) is 15.0 Å². The highest BCUT2D eigenvalue weighted by Gasteiger charge is 2.36. The highest BCUT2D eigenvalue weighted by molar-refractivity contribution is 6.09. The standard InChI is InChI=1S/C42H30N4/c1-42(2)37-23-30(27-14-16-28(17-15-27)41-44-25-43-26-45-41)18-20-33(37)34-21-19-31(24-38(34)42)29-8-7-9-32(22-29)46-39-12-5-3-10-35(39)36-11-4-6-13-40(36)46/h3-26H,1-2H3. The lowest BCUT2D eigenvalue weighted by Gasteiger charge is -2.23. The van der Waals surface area contributed by atoms with Gasteiger partial charge in [0.25, 0.3) is 0 Å². The van der Waals surface area contributed by atoms with Crippen LogP contribution in [0.4, 0.5) is 0 Å². The normalized spacial score (nSPS) is 13.2. The third-order valence-electron chi connectivity index (χ3n) is 9.66. The summed E-state index contributed by atoms with van der Waals surface area (Å²) in [6.07, 6.45) is 3.06. The van der Waals surface area contributed by atoms with Gasteiger partial charge < -0.3 is 4.57 Å². The van der Waals surface area contributed by atoms with Crippen molar-refractivity contribution in [2.75, 3.05) is 0 Å². The van der Waals surface area contributed by atoms with Gasteiger partial charge in [0.05, 0.1) is 11.0 Å². The molecule has 0 fully saturated rings. The average Bonchev–Trinajstić information content (AvgIpc) is 3.57. The van der Waals surface area contributed by atoms with Crippen LogP contribution >= 0.6 is 0 Å². The molecule has 0 atom stereocenters. The van der Waals surface area contributed by atoms with Crippen molar-refractivity contribution in [2.45, 2.75) is 19.3 Å². The van der Waals surface area contributed by atoms with Crippen molar-refractivity contribution in [3.05, 3.63) is 157 Å². The number of benzene rings is 6. The van der Waals surface area contributed by atoms with Gasteiger partial charge in [0.2, 0.25) is 0 Å². The van der Waals surface area contributed by atoms with E-state index in [0.29, 0.717) is 5.82 Å². The van der Waals surface area contributed by atoms with Crippen molar-refractivity contribution in [3.8, 4) is 50.5 Å². The first-order valence-corrected chi connectivity index (χ1v) is 15.7. The lowest BCUT2D eigenvalue weighted by Crippen LogP contribution is -2.15. The van der Waals surface area contributed by atoms with Gasteiger partial charge in [0, 0.05) is 27.4 Å². The van der Waals surface area contributed by atoms with E-state index in [-0.39, 0.29) is 5.41 Å². The molecule has 9 rings (SSSR count). The van der Waals surface area contributed by atoms with Crippen LogP contribution in [-0.2, 0) is 5.41 Å². The van der Waals surface area contributed by atoms with Gasteiger partial charge in [-0.3, -0.25) is 0 Å². The van der Waals surface area contributed by atoms with Gasteiger partial charge in [-0.15, -0.1) is 0 Å². The van der Waals surface area contributed by atoms with Gasteiger partial charge >= 0.3 is 0 Å². The van der Waals surface area contributed by atoms with Crippen LogP contribution in [0.15, 0.2) is 146 Å². The molecule has 218 valence electrons. The van der Waals surface area contributed by atoms with Crippen LogP contribution in [0, 0.1) is 0 Å². The van der Waals surface area contributed by atoms with Gasteiger partial charge in [0.15, 0.2) is 5.82 Å². The molecule has 2 aromatic heterocycles. The van der Waals surface area contributed by atoms with E-state index in [0.717, 1.165) is 5.56 Å². The van der Waals surface area contributed by atoms with Crippen molar-refractivity contribution in [1.29, 1.82) is 0 Å². The quantitative estimate of drug-likeness (QED) is 0.205. The van der Waals surface area contributed by atoms with E-state index in [9.17, 15) is 0 Å². The first-order valence-electron chi connectivity index (χ1n) is 15.7. The second-order valence-corrected chi connectivity index (χ2v) is 12.6. The summed E-state index contributed by atoms with van der Waals surface area (Å²) in [5, 5.41) is 2.55. The number of hydrogen-bond acceptors (Lipinski definition) is 3.